The van der Waals surface area contributed by atoms with Crippen molar-refractivity contribution in [2.45, 2.75) is 6.42 Å². The number of anilines is 2. The van der Waals surface area contributed by atoms with Crippen molar-refractivity contribution in [3.8, 4) is 11.1 Å². The second-order valence-electron chi connectivity index (χ2n) is 6.54. The Kier molecular flexibility index (Phi) is 6.04. The van der Waals surface area contributed by atoms with Crippen molar-refractivity contribution in [3.63, 3.8) is 0 Å². The Balaban J connectivity index is 2.00. The van der Waals surface area contributed by atoms with Crippen molar-refractivity contribution in [1.82, 2.24) is 0 Å². The van der Waals surface area contributed by atoms with E-state index in [-0.39, 0.29) is 6.42 Å². The third-order valence-electron chi connectivity index (χ3n) is 4.56. The molecular weight excluding hydrogens is 370 g/mol. The quantitative estimate of drug-likeness (QED) is 0.393. The zero-order chi connectivity index (χ0) is 20.8. The summed E-state index contributed by atoms with van der Waals surface area (Å²) in [4.78, 5) is 33.5. The zero-order valence-electron chi connectivity index (χ0n) is 15.4. The topological polar surface area (TPSA) is 104 Å². The van der Waals surface area contributed by atoms with E-state index >= 15 is 0 Å². The molecule has 3 rings (SSSR count). The predicted molar refractivity (Wildman–Crippen MR) is 109 cm³/mol. The number of carbonyl (C=O) groups excluding carboxylic acids is 1. The smallest absolute Gasteiger partial charge is 0.318 e. The Morgan fingerprint density at radius 2 is 1.52 bits per heavy atom. The SMILES string of the molecule is O=Cc1ccc(Nc2cc(-c3ccccc3)ccc2CC(C(=O)O)C(=O)O)cc1. The fourth-order valence-corrected chi connectivity index (χ4v) is 2.98. The van der Waals surface area contributed by atoms with Crippen LogP contribution in [-0.4, -0.2) is 28.4 Å². The minimum atomic E-state index is -1.55. The maximum atomic E-state index is 11.3. The van der Waals surface area contributed by atoms with Gasteiger partial charge >= 0.3 is 11.9 Å². The lowest BCUT2D eigenvalue weighted by molar-refractivity contribution is -0.154. The number of carbonyl (C=O) groups is 3. The van der Waals surface area contributed by atoms with Crippen LogP contribution >= 0.6 is 0 Å². The molecule has 0 aliphatic rings. The normalized spacial score (nSPS) is 10.5. The third-order valence-corrected chi connectivity index (χ3v) is 4.56. The minimum Gasteiger partial charge on any atom is -0.481 e. The fraction of sp³-hybridized carbons (Fsp3) is 0.0870. The Hall–Kier alpha value is -3.93. The molecule has 146 valence electrons. The Morgan fingerprint density at radius 3 is 2.10 bits per heavy atom. The van der Waals surface area contributed by atoms with E-state index in [0.29, 0.717) is 22.5 Å². The first-order chi connectivity index (χ1) is 14.0. The van der Waals surface area contributed by atoms with Crippen LogP contribution in [0.3, 0.4) is 0 Å². The molecule has 0 spiro atoms. The highest BCUT2D eigenvalue weighted by Crippen LogP contribution is 2.30. The Morgan fingerprint density at radius 1 is 0.862 bits per heavy atom. The van der Waals surface area contributed by atoms with Gasteiger partial charge in [-0.2, -0.15) is 0 Å². The van der Waals surface area contributed by atoms with Gasteiger partial charge < -0.3 is 15.5 Å². The Bertz CT molecular complexity index is 1010. The average Bonchev–Trinajstić information content (AvgIpc) is 2.73. The van der Waals surface area contributed by atoms with Crippen LogP contribution in [0.15, 0.2) is 72.8 Å². The highest BCUT2D eigenvalue weighted by atomic mass is 16.4. The van der Waals surface area contributed by atoms with Crippen LogP contribution in [0, 0.1) is 5.92 Å². The molecule has 6 nitrogen and oxygen atoms in total. The van der Waals surface area contributed by atoms with Crippen molar-refractivity contribution in [2.75, 3.05) is 5.32 Å². The molecule has 0 fully saturated rings. The number of nitrogens with one attached hydrogen (secondary N) is 1. The van der Waals surface area contributed by atoms with Crippen LogP contribution in [-0.2, 0) is 16.0 Å². The molecule has 0 saturated heterocycles. The van der Waals surface area contributed by atoms with E-state index in [9.17, 15) is 24.6 Å². The summed E-state index contributed by atoms with van der Waals surface area (Å²) in [5.41, 5.74) is 4.29. The summed E-state index contributed by atoms with van der Waals surface area (Å²) in [5, 5.41) is 21.7. The highest BCUT2D eigenvalue weighted by Gasteiger charge is 2.27. The van der Waals surface area contributed by atoms with Gasteiger partial charge in [-0.1, -0.05) is 42.5 Å². The third kappa shape index (κ3) is 4.87. The molecule has 0 saturated carbocycles. The summed E-state index contributed by atoms with van der Waals surface area (Å²) in [5.74, 6) is -4.31. The summed E-state index contributed by atoms with van der Waals surface area (Å²) in [6.45, 7) is 0. The number of hydrogen-bond donors (Lipinski definition) is 3. The zero-order valence-corrected chi connectivity index (χ0v) is 15.4. The van der Waals surface area contributed by atoms with Gasteiger partial charge in [0.25, 0.3) is 0 Å². The van der Waals surface area contributed by atoms with Crippen LogP contribution in [0.25, 0.3) is 11.1 Å². The molecule has 0 aliphatic carbocycles. The first kappa shape index (κ1) is 19.8. The monoisotopic (exact) mass is 389 g/mol. The van der Waals surface area contributed by atoms with E-state index in [1.165, 1.54) is 0 Å². The molecule has 3 N–H and O–H groups in total. The summed E-state index contributed by atoms with van der Waals surface area (Å²) in [6.07, 6.45) is 0.587. The van der Waals surface area contributed by atoms with Gasteiger partial charge in [-0.25, -0.2) is 0 Å². The van der Waals surface area contributed by atoms with Crippen molar-refractivity contribution >= 4 is 29.6 Å². The first-order valence-electron chi connectivity index (χ1n) is 8.94. The molecule has 3 aromatic carbocycles. The van der Waals surface area contributed by atoms with Crippen molar-refractivity contribution < 1.29 is 24.6 Å². The van der Waals surface area contributed by atoms with Crippen LogP contribution in [0.5, 0.6) is 0 Å². The van der Waals surface area contributed by atoms with Gasteiger partial charge in [-0.15, -0.1) is 0 Å². The minimum absolute atomic E-state index is 0.158. The van der Waals surface area contributed by atoms with Gasteiger partial charge in [0.05, 0.1) is 0 Å². The summed E-state index contributed by atoms with van der Waals surface area (Å²) in [6, 6.07) is 21.9. The Labute approximate surface area is 167 Å². The number of rotatable bonds is 8. The first-order valence-corrected chi connectivity index (χ1v) is 8.94. The van der Waals surface area contributed by atoms with Gasteiger partial charge in [-0.3, -0.25) is 14.4 Å². The number of aldehydes is 1. The van der Waals surface area contributed by atoms with Crippen molar-refractivity contribution in [2.24, 2.45) is 5.92 Å². The lowest BCUT2D eigenvalue weighted by atomic mass is 9.95. The molecule has 29 heavy (non-hydrogen) atoms. The molecular formula is C23H19NO5. The molecule has 0 radical (unpaired) electrons. The molecule has 0 heterocycles. The summed E-state index contributed by atoms with van der Waals surface area (Å²) < 4.78 is 0. The second kappa shape index (κ2) is 8.84. The number of carboxylic acids is 2. The predicted octanol–water partition coefficient (Wildman–Crippen LogP) is 4.24. The van der Waals surface area contributed by atoms with Gasteiger partial charge in [-0.05, 0) is 53.4 Å². The maximum absolute atomic E-state index is 11.3. The standard InChI is InChI=1S/C23H19NO5/c25-14-15-6-10-19(11-7-15)24-21-13-17(16-4-2-1-3-5-16)8-9-18(21)12-20(22(26)27)23(28)29/h1-11,13-14,20,24H,12H2,(H,26,27)(H,28,29). The van der Waals surface area contributed by atoms with E-state index in [0.717, 1.165) is 17.4 Å². The molecule has 0 aliphatic heterocycles. The van der Waals surface area contributed by atoms with E-state index in [2.05, 4.69) is 5.32 Å². The fourth-order valence-electron chi connectivity index (χ4n) is 2.98. The lowest BCUT2D eigenvalue weighted by Crippen LogP contribution is -2.25. The maximum Gasteiger partial charge on any atom is 0.318 e. The van der Waals surface area contributed by atoms with Gasteiger partial charge in [0.15, 0.2) is 5.92 Å². The molecule has 0 bridgehead atoms. The number of benzene rings is 3. The van der Waals surface area contributed by atoms with Gasteiger partial charge in [0, 0.05) is 16.9 Å². The molecule has 0 unspecified atom stereocenters. The lowest BCUT2D eigenvalue weighted by Gasteiger charge is -2.16. The largest absolute Gasteiger partial charge is 0.481 e. The van der Waals surface area contributed by atoms with E-state index in [1.807, 2.05) is 42.5 Å². The molecule has 3 aromatic rings. The van der Waals surface area contributed by atoms with Crippen LogP contribution in [0.2, 0.25) is 0 Å². The highest BCUT2D eigenvalue weighted by molar-refractivity contribution is 5.93. The van der Waals surface area contributed by atoms with Crippen LogP contribution < -0.4 is 5.32 Å². The van der Waals surface area contributed by atoms with Gasteiger partial charge in [0.2, 0.25) is 0 Å². The van der Waals surface area contributed by atoms with Gasteiger partial charge in [0.1, 0.15) is 6.29 Å². The number of carboxylic acid groups (broad SMARTS) is 2. The van der Waals surface area contributed by atoms with E-state index in [4.69, 9.17) is 0 Å². The molecule has 0 amide bonds. The summed E-state index contributed by atoms with van der Waals surface area (Å²) in [7, 11) is 0. The molecule has 0 aromatic heterocycles. The van der Waals surface area contributed by atoms with Crippen molar-refractivity contribution in [3.05, 3.63) is 83.9 Å². The average molecular weight is 389 g/mol. The van der Waals surface area contributed by atoms with Crippen LogP contribution in [0.1, 0.15) is 15.9 Å². The molecule has 0 atom stereocenters. The second-order valence-corrected chi connectivity index (χ2v) is 6.54. The van der Waals surface area contributed by atoms with E-state index < -0.39 is 17.9 Å². The van der Waals surface area contributed by atoms with E-state index in [1.54, 1.807) is 30.3 Å². The summed E-state index contributed by atoms with van der Waals surface area (Å²) >= 11 is 0. The van der Waals surface area contributed by atoms with Crippen molar-refractivity contribution in [1.29, 1.82) is 0 Å². The van der Waals surface area contributed by atoms with Crippen LogP contribution in [0.4, 0.5) is 11.4 Å². The number of hydrogen-bond acceptors (Lipinski definition) is 4. The number of aliphatic carboxylic acids is 2. The molecule has 6 heteroatoms.